The van der Waals surface area contributed by atoms with Crippen molar-refractivity contribution >= 4 is 45.8 Å². The highest BCUT2D eigenvalue weighted by molar-refractivity contribution is 7.10. The van der Waals surface area contributed by atoms with E-state index in [2.05, 4.69) is 15.6 Å². The van der Waals surface area contributed by atoms with Gasteiger partial charge in [0.1, 0.15) is 5.70 Å². The topological polar surface area (TPSA) is 71.1 Å². The Kier molecular flexibility index (Phi) is 5.68. The molecule has 0 aliphatic carbocycles. The summed E-state index contributed by atoms with van der Waals surface area (Å²) >= 11 is 1.48. The minimum atomic E-state index is -0.415. The zero-order valence-electron chi connectivity index (χ0n) is 16.3. The Balaban J connectivity index is 1.63. The number of hydrogen-bond donors (Lipinski definition) is 2. The van der Waals surface area contributed by atoms with Crippen LogP contribution in [0.4, 0.5) is 5.69 Å². The molecule has 148 valence electrons. The lowest BCUT2D eigenvalue weighted by Gasteiger charge is -2.12. The van der Waals surface area contributed by atoms with Gasteiger partial charge in [0.2, 0.25) is 0 Å². The molecule has 2 amide bonds. The number of para-hydroxylation sites is 1. The molecule has 5 nitrogen and oxygen atoms in total. The van der Waals surface area contributed by atoms with E-state index in [4.69, 9.17) is 0 Å². The number of anilines is 1. The highest BCUT2D eigenvalue weighted by atomic mass is 32.1. The largest absolute Gasteiger partial charge is 0.319 e. The van der Waals surface area contributed by atoms with E-state index < -0.39 is 5.91 Å². The molecule has 2 aromatic carbocycles. The fraction of sp³-hybridized carbons (Fsp3) is 0.0417. The van der Waals surface area contributed by atoms with Crippen LogP contribution < -0.4 is 10.6 Å². The van der Waals surface area contributed by atoms with Crippen LogP contribution in [0.2, 0.25) is 0 Å². The predicted molar refractivity (Wildman–Crippen MR) is 121 cm³/mol. The minimum Gasteiger partial charge on any atom is -0.319 e. The maximum absolute atomic E-state index is 13.1. The van der Waals surface area contributed by atoms with Gasteiger partial charge < -0.3 is 10.6 Å². The van der Waals surface area contributed by atoms with Gasteiger partial charge in [0.25, 0.3) is 11.8 Å². The van der Waals surface area contributed by atoms with Gasteiger partial charge in [-0.25, -0.2) is 0 Å². The van der Waals surface area contributed by atoms with Crippen molar-refractivity contribution in [2.75, 3.05) is 5.32 Å². The Morgan fingerprint density at radius 1 is 0.967 bits per heavy atom. The van der Waals surface area contributed by atoms with E-state index in [9.17, 15) is 9.59 Å². The van der Waals surface area contributed by atoms with Gasteiger partial charge in [0.05, 0.1) is 11.2 Å². The summed E-state index contributed by atoms with van der Waals surface area (Å²) in [6.45, 7) is 1.95. The van der Waals surface area contributed by atoms with E-state index in [1.54, 1.807) is 30.5 Å². The number of carbonyl (C=O) groups excluding carboxylic acids is 2. The van der Waals surface area contributed by atoms with Crippen LogP contribution in [0.1, 0.15) is 20.8 Å². The lowest BCUT2D eigenvalue weighted by Crippen LogP contribution is -2.30. The normalized spacial score (nSPS) is 11.3. The summed E-state index contributed by atoms with van der Waals surface area (Å²) in [6, 6.07) is 20.3. The standard InChI is InChI=1S/C24H19N3O2S/c1-16-9-11-18(12-10-16)23(28)27-21(15-19-7-4-14-30-19)24(29)26-20-8-2-5-17-6-3-13-25-22(17)20/h2-15H,1H3,(H,26,29)(H,27,28). The number of aryl methyl sites for hydroxylation is 1. The van der Waals surface area contributed by atoms with Gasteiger partial charge in [-0.15, -0.1) is 11.3 Å². The molecular weight excluding hydrogens is 394 g/mol. The predicted octanol–water partition coefficient (Wildman–Crippen LogP) is 5.01. The van der Waals surface area contributed by atoms with Crippen molar-refractivity contribution in [3.63, 3.8) is 0 Å². The Morgan fingerprint density at radius 3 is 2.53 bits per heavy atom. The molecule has 2 aromatic heterocycles. The molecule has 0 radical (unpaired) electrons. The number of aromatic nitrogens is 1. The lowest BCUT2D eigenvalue weighted by molar-refractivity contribution is -0.113. The molecule has 0 spiro atoms. The van der Waals surface area contributed by atoms with Crippen molar-refractivity contribution < 1.29 is 9.59 Å². The zero-order valence-corrected chi connectivity index (χ0v) is 17.1. The minimum absolute atomic E-state index is 0.163. The van der Waals surface area contributed by atoms with E-state index in [0.29, 0.717) is 16.8 Å². The number of rotatable bonds is 5. The summed E-state index contributed by atoms with van der Waals surface area (Å²) in [5.74, 6) is -0.758. The van der Waals surface area contributed by atoms with E-state index in [1.165, 1.54) is 11.3 Å². The molecule has 0 fully saturated rings. The Hall–Kier alpha value is -3.77. The Morgan fingerprint density at radius 2 is 1.77 bits per heavy atom. The highest BCUT2D eigenvalue weighted by Gasteiger charge is 2.16. The number of fused-ring (bicyclic) bond motifs is 1. The summed E-state index contributed by atoms with van der Waals surface area (Å²) in [6.07, 6.45) is 3.35. The van der Waals surface area contributed by atoms with Crippen LogP contribution >= 0.6 is 11.3 Å². The second-order valence-electron chi connectivity index (χ2n) is 6.73. The van der Waals surface area contributed by atoms with E-state index in [0.717, 1.165) is 15.8 Å². The average molecular weight is 414 g/mol. The maximum Gasteiger partial charge on any atom is 0.272 e. The van der Waals surface area contributed by atoms with Gasteiger partial charge in [-0.3, -0.25) is 14.6 Å². The van der Waals surface area contributed by atoms with Crippen LogP contribution in [-0.4, -0.2) is 16.8 Å². The number of thiophene rings is 1. The molecule has 0 aliphatic rings. The molecule has 6 heteroatoms. The molecule has 4 aromatic rings. The number of amides is 2. The van der Waals surface area contributed by atoms with Crippen molar-refractivity contribution in [1.82, 2.24) is 10.3 Å². The van der Waals surface area contributed by atoms with Gasteiger partial charge >= 0.3 is 0 Å². The summed E-state index contributed by atoms with van der Waals surface area (Å²) in [7, 11) is 0. The first kappa shape index (κ1) is 19.5. The van der Waals surface area contributed by atoms with E-state index >= 15 is 0 Å². The van der Waals surface area contributed by atoms with Crippen LogP contribution in [0.5, 0.6) is 0 Å². The second kappa shape index (κ2) is 8.71. The van der Waals surface area contributed by atoms with Gasteiger partial charge in [-0.1, -0.05) is 42.0 Å². The molecule has 0 bridgehead atoms. The van der Waals surface area contributed by atoms with Gasteiger partial charge in [0, 0.05) is 22.0 Å². The molecule has 2 heterocycles. The summed E-state index contributed by atoms with van der Waals surface area (Å²) < 4.78 is 0. The number of nitrogens with one attached hydrogen (secondary N) is 2. The quantitative estimate of drug-likeness (QED) is 0.452. The van der Waals surface area contributed by atoms with Crippen LogP contribution in [-0.2, 0) is 4.79 Å². The molecular formula is C24H19N3O2S. The van der Waals surface area contributed by atoms with Crippen molar-refractivity contribution in [2.24, 2.45) is 0 Å². The number of nitrogens with zero attached hydrogens (tertiary/aromatic N) is 1. The van der Waals surface area contributed by atoms with Gasteiger partial charge in [-0.2, -0.15) is 0 Å². The lowest BCUT2D eigenvalue weighted by atomic mass is 10.1. The molecule has 0 aliphatic heterocycles. The fourth-order valence-corrected chi connectivity index (χ4v) is 3.63. The van der Waals surface area contributed by atoms with E-state index in [1.807, 2.05) is 60.8 Å². The SMILES string of the molecule is Cc1ccc(C(=O)NC(=Cc2cccs2)C(=O)Nc2cccc3cccnc23)cc1. The summed E-state index contributed by atoms with van der Waals surface area (Å²) in [5, 5.41) is 8.47. The maximum atomic E-state index is 13.1. The van der Waals surface area contributed by atoms with Gasteiger partial charge in [-0.05, 0) is 48.7 Å². The Bertz CT molecular complexity index is 1220. The van der Waals surface area contributed by atoms with Crippen LogP contribution in [0, 0.1) is 6.92 Å². The first-order valence-electron chi connectivity index (χ1n) is 9.38. The first-order valence-corrected chi connectivity index (χ1v) is 10.3. The van der Waals surface area contributed by atoms with Crippen LogP contribution in [0.3, 0.4) is 0 Å². The molecule has 0 unspecified atom stereocenters. The van der Waals surface area contributed by atoms with Crippen molar-refractivity contribution in [3.05, 3.63) is 100 Å². The fourth-order valence-electron chi connectivity index (χ4n) is 2.97. The smallest absolute Gasteiger partial charge is 0.272 e. The van der Waals surface area contributed by atoms with Crippen LogP contribution in [0.15, 0.2) is 84.0 Å². The molecule has 0 saturated carbocycles. The van der Waals surface area contributed by atoms with Gasteiger partial charge in [0.15, 0.2) is 0 Å². The first-order chi connectivity index (χ1) is 14.6. The molecule has 30 heavy (non-hydrogen) atoms. The number of carbonyl (C=O) groups is 2. The molecule has 4 rings (SSSR count). The third kappa shape index (κ3) is 4.45. The zero-order chi connectivity index (χ0) is 20.9. The average Bonchev–Trinajstić information content (AvgIpc) is 3.27. The van der Waals surface area contributed by atoms with Crippen LogP contribution in [0.25, 0.3) is 17.0 Å². The second-order valence-corrected chi connectivity index (χ2v) is 7.71. The third-order valence-electron chi connectivity index (χ3n) is 4.52. The molecule has 2 N–H and O–H groups in total. The monoisotopic (exact) mass is 413 g/mol. The number of pyridine rings is 1. The number of benzene rings is 2. The third-order valence-corrected chi connectivity index (χ3v) is 5.34. The van der Waals surface area contributed by atoms with Crippen molar-refractivity contribution in [2.45, 2.75) is 6.92 Å². The Labute approximate surface area is 178 Å². The summed E-state index contributed by atoms with van der Waals surface area (Å²) in [5.41, 5.74) is 2.98. The van der Waals surface area contributed by atoms with Crippen molar-refractivity contribution in [1.29, 1.82) is 0 Å². The summed E-state index contributed by atoms with van der Waals surface area (Å²) in [4.78, 5) is 31.0. The van der Waals surface area contributed by atoms with E-state index in [-0.39, 0.29) is 11.6 Å². The molecule has 0 saturated heterocycles. The highest BCUT2D eigenvalue weighted by Crippen LogP contribution is 2.22. The number of hydrogen-bond acceptors (Lipinski definition) is 4. The molecule has 0 atom stereocenters. The van der Waals surface area contributed by atoms with Crippen molar-refractivity contribution in [3.8, 4) is 0 Å².